The van der Waals surface area contributed by atoms with E-state index in [1.807, 2.05) is 0 Å². The van der Waals surface area contributed by atoms with E-state index in [-0.39, 0.29) is 0 Å². The van der Waals surface area contributed by atoms with Crippen LogP contribution in [0.3, 0.4) is 0 Å². The van der Waals surface area contributed by atoms with Crippen LogP contribution >= 0.6 is 0 Å². The van der Waals surface area contributed by atoms with E-state index in [0.29, 0.717) is 0 Å². The third-order valence-electron chi connectivity index (χ3n) is 1.66. The molecular weight excluding hydrogens is 88.1 g/mol. The lowest BCUT2D eigenvalue weighted by Gasteiger charge is -1.90. The SMILES string of the molecule is C[C@@H]1C[C@@H]1CNN. The van der Waals surface area contributed by atoms with Gasteiger partial charge in [-0.15, -0.1) is 0 Å². The third kappa shape index (κ3) is 1.14. The molecule has 0 aliphatic heterocycles. The summed E-state index contributed by atoms with van der Waals surface area (Å²) in [6.07, 6.45) is 1.37. The highest BCUT2D eigenvalue weighted by molar-refractivity contribution is 4.82. The van der Waals surface area contributed by atoms with Crippen molar-refractivity contribution in [3.8, 4) is 0 Å². The maximum absolute atomic E-state index is 5.08. The normalized spacial score (nSPS) is 38.6. The van der Waals surface area contributed by atoms with Crippen molar-refractivity contribution in [3.63, 3.8) is 0 Å². The smallest absolute Gasteiger partial charge is 0.0128 e. The van der Waals surface area contributed by atoms with Gasteiger partial charge in [0.2, 0.25) is 0 Å². The van der Waals surface area contributed by atoms with Crippen LogP contribution in [0.15, 0.2) is 0 Å². The molecule has 1 aliphatic carbocycles. The number of hydrogen-bond donors (Lipinski definition) is 2. The molecule has 3 N–H and O–H groups in total. The van der Waals surface area contributed by atoms with Crippen LogP contribution in [0.5, 0.6) is 0 Å². The zero-order chi connectivity index (χ0) is 5.28. The average Bonchev–Trinajstić information content (AvgIpc) is 2.22. The zero-order valence-electron chi connectivity index (χ0n) is 4.65. The van der Waals surface area contributed by atoms with E-state index < -0.39 is 0 Å². The molecule has 0 aromatic rings. The van der Waals surface area contributed by atoms with Gasteiger partial charge in [-0.2, -0.15) is 0 Å². The Morgan fingerprint density at radius 3 is 2.57 bits per heavy atom. The molecule has 0 heterocycles. The molecule has 1 saturated carbocycles. The van der Waals surface area contributed by atoms with Crippen LogP contribution in [0.25, 0.3) is 0 Å². The van der Waals surface area contributed by atoms with Crippen LogP contribution in [-0.4, -0.2) is 6.54 Å². The second-order valence-electron chi connectivity index (χ2n) is 2.38. The Hall–Kier alpha value is -0.0800. The molecule has 0 aromatic heterocycles. The first-order chi connectivity index (χ1) is 3.34. The van der Waals surface area contributed by atoms with E-state index in [9.17, 15) is 0 Å². The van der Waals surface area contributed by atoms with Gasteiger partial charge in [0.15, 0.2) is 0 Å². The summed E-state index contributed by atoms with van der Waals surface area (Å²) in [6.45, 7) is 3.25. The molecule has 1 fully saturated rings. The van der Waals surface area contributed by atoms with Gasteiger partial charge in [-0.05, 0) is 18.3 Å². The predicted octanol–water partition coefficient (Wildman–Crippen LogP) is 0.106. The molecule has 0 radical (unpaired) electrons. The van der Waals surface area contributed by atoms with E-state index in [1.54, 1.807) is 0 Å². The van der Waals surface area contributed by atoms with Gasteiger partial charge in [0.25, 0.3) is 0 Å². The van der Waals surface area contributed by atoms with E-state index in [4.69, 9.17) is 5.84 Å². The summed E-state index contributed by atoms with van der Waals surface area (Å²) >= 11 is 0. The van der Waals surface area contributed by atoms with E-state index in [1.165, 1.54) is 6.42 Å². The molecule has 7 heavy (non-hydrogen) atoms. The summed E-state index contributed by atoms with van der Waals surface area (Å²) in [6, 6.07) is 0. The van der Waals surface area contributed by atoms with Gasteiger partial charge < -0.3 is 0 Å². The standard InChI is InChI=1S/C5H12N2/c1-4-2-5(4)3-7-6/h4-5,7H,2-3,6H2,1H3/t4-,5-/m1/s1. The fourth-order valence-electron chi connectivity index (χ4n) is 0.835. The van der Waals surface area contributed by atoms with Gasteiger partial charge in [-0.3, -0.25) is 11.3 Å². The van der Waals surface area contributed by atoms with Crippen LogP contribution in [-0.2, 0) is 0 Å². The Bertz CT molecular complexity index is 63.1. The summed E-state index contributed by atoms with van der Waals surface area (Å²) in [5.41, 5.74) is 2.66. The second kappa shape index (κ2) is 1.80. The summed E-state index contributed by atoms with van der Waals surface area (Å²) < 4.78 is 0. The minimum Gasteiger partial charge on any atom is -0.271 e. The van der Waals surface area contributed by atoms with Crippen LogP contribution in [0.1, 0.15) is 13.3 Å². The molecule has 0 spiro atoms. The molecule has 1 rings (SSSR count). The fraction of sp³-hybridized carbons (Fsp3) is 1.00. The predicted molar refractivity (Wildman–Crippen MR) is 29.5 cm³/mol. The van der Waals surface area contributed by atoms with Crippen molar-refractivity contribution < 1.29 is 0 Å². The topological polar surface area (TPSA) is 38.0 Å². The first kappa shape index (κ1) is 5.06. The molecular formula is C5H12N2. The molecule has 2 atom stereocenters. The highest BCUT2D eigenvalue weighted by Gasteiger charge is 2.31. The number of hydrogen-bond acceptors (Lipinski definition) is 2. The molecule has 0 saturated heterocycles. The largest absolute Gasteiger partial charge is 0.271 e. The van der Waals surface area contributed by atoms with E-state index in [0.717, 1.165) is 18.4 Å². The molecule has 42 valence electrons. The highest BCUT2D eigenvalue weighted by Crippen LogP contribution is 2.36. The molecule has 2 nitrogen and oxygen atoms in total. The van der Waals surface area contributed by atoms with Gasteiger partial charge in [-0.25, -0.2) is 0 Å². The quantitative estimate of drug-likeness (QED) is 0.381. The van der Waals surface area contributed by atoms with Gasteiger partial charge in [-0.1, -0.05) is 6.92 Å². The van der Waals surface area contributed by atoms with Crippen LogP contribution in [0, 0.1) is 11.8 Å². The Kier molecular flexibility index (Phi) is 1.30. The summed E-state index contributed by atoms with van der Waals surface area (Å²) in [5.74, 6) is 6.89. The molecule has 0 aromatic carbocycles. The van der Waals surface area contributed by atoms with Crippen molar-refractivity contribution in [2.24, 2.45) is 17.7 Å². The third-order valence-corrected chi connectivity index (χ3v) is 1.66. The van der Waals surface area contributed by atoms with Gasteiger partial charge in [0, 0.05) is 6.54 Å². The first-order valence-corrected chi connectivity index (χ1v) is 2.78. The fourth-order valence-corrected chi connectivity index (χ4v) is 0.835. The molecule has 0 bridgehead atoms. The van der Waals surface area contributed by atoms with Gasteiger partial charge in [0.1, 0.15) is 0 Å². The molecule has 1 aliphatic rings. The Morgan fingerprint density at radius 1 is 1.86 bits per heavy atom. The lowest BCUT2D eigenvalue weighted by molar-refractivity contribution is 0.636. The number of nitrogens with two attached hydrogens (primary N) is 1. The summed E-state index contributed by atoms with van der Waals surface area (Å²) in [4.78, 5) is 0. The zero-order valence-corrected chi connectivity index (χ0v) is 4.65. The minimum absolute atomic E-state index is 0.880. The van der Waals surface area contributed by atoms with Crippen molar-refractivity contribution in [2.75, 3.05) is 6.54 Å². The Balaban J connectivity index is 1.98. The van der Waals surface area contributed by atoms with E-state index in [2.05, 4.69) is 12.3 Å². The lowest BCUT2D eigenvalue weighted by Crippen LogP contribution is -2.24. The van der Waals surface area contributed by atoms with Crippen LogP contribution in [0.4, 0.5) is 0 Å². The van der Waals surface area contributed by atoms with Crippen LogP contribution in [0.2, 0.25) is 0 Å². The monoisotopic (exact) mass is 100 g/mol. The van der Waals surface area contributed by atoms with Gasteiger partial charge in [0.05, 0.1) is 0 Å². The van der Waals surface area contributed by atoms with Crippen molar-refractivity contribution >= 4 is 0 Å². The maximum atomic E-state index is 5.08. The summed E-state index contributed by atoms with van der Waals surface area (Å²) in [5, 5.41) is 0. The van der Waals surface area contributed by atoms with Crippen molar-refractivity contribution in [2.45, 2.75) is 13.3 Å². The molecule has 0 amide bonds. The molecule has 0 unspecified atom stereocenters. The maximum Gasteiger partial charge on any atom is 0.0128 e. The second-order valence-corrected chi connectivity index (χ2v) is 2.38. The van der Waals surface area contributed by atoms with Crippen molar-refractivity contribution in [1.29, 1.82) is 0 Å². The van der Waals surface area contributed by atoms with Gasteiger partial charge >= 0.3 is 0 Å². The van der Waals surface area contributed by atoms with Crippen molar-refractivity contribution in [3.05, 3.63) is 0 Å². The highest BCUT2D eigenvalue weighted by atomic mass is 15.2. The van der Waals surface area contributed by atoms with E-state index >= 15 is 0 Å². The summed E-state index contributed by atoms with van der Waals surface area (Å²) in [7, 11) is 0. The average molecular weight is 100 g/mol. The molecule has 2 heteroatoms. The number of rotatable bonds is 2. The number of hydrazine groups is 1. The Labute approximate surface area is 44.1 Å². The first-order valence-electron chi connectivity index (χ1n) is 2.78. The number of nitrogens with one attached hydrogen (secondary N) is 1. The minimum atomic E-state index is 0.880. The lowest BCUT2D eigenvalue weighted by atomic mass is 10.3. The van der Waals surface area contributed by atoms with Crippen molar-refractivity contribution in [1.82, 2.24) is 5.43 Å². The Morgan fingerprint density at radius 2 is 2.43 bits per heavy atom. The van der Waals surface area contributed by atoms with Crippen LogP contribution < -0.4 is 11.3 Å².